The van der Waals surface area contributed by atoms with Crippen molar-refractivity contribution in [2.75, 3.05) is 19.3 Å². The quantitative estimate of drug-likeness (QED) is 0.848. The van der Waals surface area contributed by atoms with E-state index in [1.807, 2.05) is 11.3 Å². The molecule has 3 heterocycles. The highest BCUT2D eigenvalue weighted by molar-refractivity contribution is 7.19. The van der Waals surface area contributed by atoms with Gasteiger partial charge in [0.1, 0.15) is 16.5 Å². The van der Waals surface area contributed by atoms with E-state index in [0.717, 1.165) is 48.3 Å². The van der Waals surface area contributed by atoms with Crippen LogP contribution in [0.4, 0.5) is 5.82 Å². The summed E-state index contributed by atoms with van der Waals surface area (Å²) < 4.78 is 0. The molecule has 2 fully saturated rings. The van der Waals surface area contributed by atoms with Crippen LogP contribution in [0.5, 0.6) is 0 Å². The van der Waals surface area contributed by atoms with Crippen LogP contribution in [0.3, 0.4) is 0 Å². The summed E-state index contributed by atoms with van der Waals surface area (Å²) in [7, 11) is 2.15. The van der Waals surface area contributed by atoms with Crippen LogP contribution in [-0.2, 0) is 24.2 Å². The molecule has 5 rings (SSSR count). The van der Waals surface area contributed by atoms with Crippen molar-refractivity contribution in [3.8, 4) is 0 Å². The maximum Gasteiger partial charge on any atom is 0.220 e. The normalized spacial score (nSPS) is 27.6. The zero-order valence-electron chi connectivity index (χ0n) is 15.8. The Morgan fingerprint density at radius 2 is 2.04 bits per heavy atom. The molecule has 1 amide bonds. The predicted molar refractivity (Wildman–Crippen MR) is 108 cm³/mol. The van der Waals surface area contributed by atoms with Crippen LogP contribution >= 0.6 is 11.3 Å². The highest BCUT2D eigenvalue weighted by Crippen LogP contribution is 2.39. The number of nitrogens with zero attached hydrogens (tertiary/aromatic N) is 3. The lowest BCUT2D eigenvalue weighted by atomic mass is 9.89. The van der Waals surface area contributed by atoms with Gasteiger partial charge in [0.2, 0.25) is 5.91 Å². The van der Waals surface area contributed by atoms with Gasteiger partial charge in [0.15, 0.2) is 0 Å². The van der Waals surface area contributed by atoms with Crippen LogP contribution in [0.1, 0.15) is 48.4 Å². The Hall–Kier alpha value is -1.73. The molecule has 1 aliphatic heterocycles. The van der Waals surface area contributed by atoms with Crippen molar-refractivity contribution >= 4 is 33.3 Å². The number of nitrogens with two attached hydrogens (primary N) is 1. The summed E-state index contributed by atoms with van der Waals surface area (Å²) in [5, 5.41) is 4.13. The number of piperidine rings is 1. The number of fused-ring (bicyclic) bond motifs is 4. The zero-order valence-corrected chi connectivity index (χ0v) is 16.6. The Balaban J connectivity index is 1.35. The van der Waals surface area contributed by atoms with E-state index in [4.69, 9.17) is 10.7 Å². The van der Waals surface area contributed by atoms with Gasteiger partial charge in [-0.05, 0) is 63.0 Å². The fourth-order valence-electron chi connectivity index (χ4n) is 5.25. The van der Waals surface area contributed by atoms with E-state index in [1.165, 1.54) is 23.3 Å². The summed E-state index contributed by atoms with van der Waals surface area (Å²) in [4.78, 5) is 26.1. The van der Waals surface area contributed by atoms with Crippen LogP contribution < -0.4 is 11.1 Å². The Morgan fingerprint density at radius 3 is 2.93 bits per heavy atom. The van der Waals surface area contributed by atoms with Crippen molar-refractivity contribution in [3.05, 3.63) is 16.3 Å². The van der Waals surface area contributed by atoms with Gasteiger partial charge < -0.3 is 11.1 Å². The van der Waals surface area contributed by atoms with Gasteiger partial charge in [0, 0.05) is 23.9 Å². The summed E-state index contributed by atoms with van der Waals surface area (Å²) in [6.45, 7) is 1.55. The lowest BCUT2D eigenvalue weighted by molar-refractivity contribution is -0.124. The van der Waals surface area contributed by atoms with Gasteiger partial charge in [-0.15, -0.1) is 11.3 Å². The topological polar surface area (TPSA) is 84.1 Å². The van der Waals surface area contributed by atoms with Crippen molar-refractivity contribution in [2.24, 2.45) is 11.8 Å². The van der Waals surface area contributed by atoms with Gasteiger partial charge in [-0.25, -0.2) is 9.97 Å². The van der Waals surface area contributed by atoms with E-state index in [1.54, 1.807) is 0 Å². The molecule has 3 atom stereocenters. The number of aromatic nitrogens is 2. The summed E-state index contributed by atoms with van der Waals surface area (Å²) in [6, 6.07) is 0.491. The molecule has 3 aliphatic rings. The molecule has 1 saturated carbocycles. The number of rotatable bonds is 3. The average molecular weight is 386 g/mol. The predicted octanol–water partition coefficient (Wildman–Crippen LogP) is 2.50. The molecule has 1 saturated heterocycles. The Kier molecular flexibility index (Phi) is 4.31. The molecule has 2 aromatic rings. The summed E-state index contributed by atoms with van der Waals surface area (Å²) in [5.41, 5.74) is 7.76. The molecule has 144 valence electrons. The highest BCUT2D eigenvalue weighted by Gasteiger charge is 2.39. The molecule has 7 heteroatoms. The van der Waals surface area contributed by atoms with Crippen molar-refractivity contribution in [2.45, 2.75) is 57.5 Å². The maximum atomic E-state index is 11.7. The molecule has 2 aliphatic carbocycles. The second kappa shape index (κ2) is 6.71. The van der Waals surface area contributed by atoms with Crippen molar-refractivity contribution in [1.82, 2.24) is 20.2 Å². The number of carbonyl (C=O) groups is 1. The van der Waals surface area contributed by atoms with Gasteiger partial charge in [0.25, 0.3) is 0 Å². The van der Waals surface area contributed by atoms with Crippen molar-refractivity contribution in [1.29, 1.82) is 0 Å². The highest BCUT2D eigenvalue weighted by atomic mass is 32.1. The summed E-state index contributed by atoms with van der Waals surface area (Å²) in [6.07, 6.45) is 7.70. The van der Waals surface area contributed by atoms with Gasteiger partial charge in [-0.1, -0.05) is 0 Å². The Bertz CT molecular complexity index is 894. The lowest BCUT2D eigenvalue weighted by Crippen LogP contribution is -2.38. The Morgan fingerprint density at radius 1 is 1.22 bits per heavy atom. The molecule has 0 unspecified atom stereocenters. The summed E-state index contributed by atoms with van der Waals surface area (Å²) >= 11 is 1.81. The zero-order chi connectivity index (χ0) is 18.5. The van der Waals surface area contributed by atoms with E-state index in [0.29, 0.717) is 36.7 Å². The molecule has 0 aromatic carbocycles. The SMILES string of the molecule is CN(Cc1nc(N)c2c3c(sc2n1)CCCC3)[C@H]1C[C@H]2CNC(=O)C[C@H]2C1. The first-order chi connectivity index (χ1) is 13.1. The Labute approximate surface area is 163 Å². The average Bonchev–Trinajstić information content (AvgIpc) is 3.22. The van der Waals surface area contributed by atoms with E-state index in [9.17, 15) is 4.79 Å². The minimum absolute atomic E-state index is 0.211. The molecule has 0 radical (unpaired) electrons. The van der Waals surface area contributed by atoms with Gasteiger partial charge >= 0.3 is 0 Å². The van der Waals surface area contributed by atoms with E-state index >= 15 is 0 Å². The van der Waals surface area contributed by atoms with Crippen molar-refractivity contribution in [3.63, 3.8) is 0 Å². The number of aryl methyl sites for hydroxylation is 2. The molecular weight excluding hydrogens is 358 g/mol. The number of hydrogen-bond donors (Lipinski definition) is 2. The molecule has 3 N–H and O–H groups in total. The number of anilines is 1. The second-order valence-electron chi connectivity index (χ2n) is 8.48. The van der Waals surface area contributed by atoms with E-state index in [-0.39, 0.29) is 5.91 Å². The van der Waals surface area contributed by atoms with Crippen molar-refractivity contribution < 1.29 is 4.79 Å². The van der Waals surface area contributed by atoms with Gasteiger partial charge in [0.05, 0.1) is 11.9 Å². The van der Waals surface area contributed by atoms with Crippen LogP contribution in [-0.4, -0.2) is 40.4 Å². The molecule has 2 aromatic heterocycles. The molecular formula is C20H27N5OS. The second-order valence-corrected chi connectivity index (χ2v) is 9.57. The van der Waals surface area contributed by atoms with Gasteiger partial charge in [-0.3, -0.25) is 9.69 Å². The number of carbonyl (C=O) groups excluding carboxylic acids is 1. The molecule has 0 bridgehead atoms. The van der Waals surface area contributed by atoms with Crippen LogP contribution in [0.25, 0.3) is 10.2 Å². The smallest absolute Gasteiger partial charge is 0.220 e. The first-order valence-corrected chi connectivity index (χ1v) is 10.9. The number of nitrogen functional groups attached to an aromatic ring is 1. The third-order valence-corrected chi connectivity index (χ3v) is 7.91. The first kappa shape index (κ1) is 17.4. The summed E-state index contributed by atoms with van der Waals surface area (Å²) in [5.74, 6) is 2.84. The van der Waals surface area contributed by atoms with Gasteiger partial charge in [-0.2, -0.15) is 0 Å². The number of thiophene rings is 1. The maximum absolute atomic E-state index is 11.7. The number of hydrogen-bond acceptors (Lipinski definition) is 6. The number of nitrogens with one attached hydrogen (secondary N) is 1. The number of amides is 1. The minimum Gasteiger partial charge on any atom is -0.383 e. The minimum atomic E-state index is 0.211. The largest absolute Gasteiger partial charge is 0.383 e. The third-order valence-electron chi connectivity index (χ3n) is 6.73. The monoisotopic (exact) mass is 385 g/mol. The standard InChI is InChI=1S/C20H27N5OS/c1-25(13-6-11-8-17(26)22-9-12(11)7-13)10-16-23-19(21)18-14-4-2-3-5-15(14)27-20(18)24-16/h11-13H,2-10H2,1H3,(H,22,26)(H2,21,23,24)/t11-,12+,13-/m1/s1. The van der Waals surface area contributed by atoms with Crippen LogP contribution in [0.15, 0.2) is 0 Å². The molecule has 27 heavy (non-hydrogen) atoms. The molecule has 6 nitrogen and oxygen atoms in total. The fraction of sp³-hybridized carbons (Fsp3) is 0.650. The fourth-order valence-corrected chi connectivity index (χ4v) is 6.54. The first-order valence-electron chi connectivity index (χ1n) is 10.1. The van der Waals surface area contributed by atoms with E-state index < -0.39 is 0 Å². The molecule has 0 spiro atoms. The van der Waals surface area contributed by atoms with E-state index in [2.05, 4.69) is 22.2 Å². The third kappa shape index (κ3) is 3.10. The van der Waals surface area contributed by atoms with Crippen LogP contribution in [0, 0.1) is 11.8 Å². The lowest BCUT2D eigenvalue weighted by Gasteiger charge is -2.24. The van der Waals surface area contributed by atoms with Crippen LogP contribution in [0.2, 0.25) is 0 Å².